The molecule has 0 radical (unpaired) electrons. The molecule has 6 nitrogen and oxygen atoms in total. The number of carbonyl (C=O) groups excluding carboxylic acids is 1. The van der Waals surface area contributed by atoms with E-state index in [4.69, 9.17) is 5.73 Å². The first-order valence-corrected chi connectivity index (χ1v) is 10.6. The molecule has 0 spiro atoms. The molecule has 2 aliphatic heterocycles. The van der Waals surface area contributed by atoms with E-state index in [1.807, 2.05) is 34.5 Å². The van der Waals surface area contributed by atoms with Crippen molar-refractivity contribution in [3.05, 3.63) is 53.7 Å². The van der Waals surface area contributed by atoms with E-state index in [0.717, 1.165) is 35.4 Å². The van der Waals surface area contributed by atoms with Crippen molar-refractivity contribution in [1.29, 1.82) is 0 Å². The number of halogens is 1. The molecule has 3 atom stereocenters. The maximum absolute atomic E-state index is 13.4. The van der Waals surface area contributed by atoms with Gasteiger partial charge in [-0.05, 0) is 29.9 Å². The van der Waals surface area contributed by atoms with Crippen LogP contribution in [-0.4, -0.2) is 52.5 Å². The summed E-state index contributed by atoms with van der Waals surface area (Å²) in [4.78, 5) is 27.4. The van der Waals surface area contributed by atoms with Crippen molar-refractivity contribution in [2.75, 3.05) is 24.5 Å². The fourth-order valence-electron chi connectivity index (χ4n) is 4.56. The summed E-state index contributed by atoms with van der Waals surface area (Å²) in [6.45, 7) is 2.15. The van der Waals surface area contributed by atoms with Crippen molar-refractivity contribution < 1.29 is 4.79 Å². The number of aromatic nitrogens is 2. The number of rotatable bonds is 3. The molecule has 2 aromatic heterocycles. The van der Waals surface area contributed by atoms with E-state index >= 15 is 0 Å². The summed E-state index contributed by atoms with van der Waals surface area (Å²) in [6.07, 6.45) is 3.45. The number of benzene rings is 1. The Morgan fingerprint density at radius 2 is 1.97 bits per heavy atom. The van der Waals surface area contributed by atoms with Crippen LogP contribution in [0.5, 0.6) is 0 Å². The molecule has 2 fully saturated rings. The van der Waals surface area contributed by atoms with E-state index in [0.29, 0.717) is 13.1 Å². The molecule has 152 valence electrons. The average molecular weight is 430 g/mol. The number of hydrogen-bond donors (Lipinski definition) is 1. The van der Waals surface area contributed by atoms with Crippen LogP contribution in [0.4, 0.5) is 5.82 Å². The van der Waals surface area contributed by atoms with Gasteiger partial charge in [-0.25, -0.2) is 9.97 Å². The lowest BCUT2D eigenvalue weighted by atomic mass is 9.95. The molecule has 0 bridgehead atoms. The van der Waals surface area contributed by atoms with Gasteiger partial charge in [0.15, 0.2) is 0 Å². The molecule has 4 heterocycles. The first-order valence-electron chi connectivity index (χ1n) is 9.76. The molecule has 2 saturated heterocycles. The van der Waals surface area contributed by atoms with Gasteiger partial charge in [-0.1, -0.05) is 30.3 Å². The Balaban J connectivity index is 0.00000205. The summed E-state index contributed by atoms with van der Waals surface area (Å²) in [5.74, 6) is 1.25. The molecule has 0 saturated carbocycles. The second kappa shape index (κ2) is 8.26. The largest absolute Gasteiger partial charge is 0.344 e. The van der Waals surface area contributed by atoms with Gasteiger partial charge in [-0.3, -0.25) is 4.79 Å². The van der Waals surface area contributed by atoms with Crippen molar-refractivity contribution >= 4 is 45.7 Å². The summed E-state index contributed by atoms with van der Waals surface area (Å²) in [6, 6.07) is 12.1. The van der Waals surface area contributed by atoms with Crippen LogP contribution in [0.25, 0.3) is 10.2 Å². The highest BCUT2D eigenvalue weighted by Gasteiger charge is 2.40. The van der Waals surface area contributed by atoms with Gasteiger partial charge in [-0.15, -0.1) is 23.7 Å². The second-order valence-electron chi connectivity index (χ2n) is 7.61. The SMILES string of the molecule is Cl.N[C@@H]1CN(C(=O)C2CCCN2c2ncnc3sccc23)C[C@H]1c1ccccc1. The van der Waals surface area contributed by atoms with Gasteiger partial charge in [0.2, 0.25) is 5.91 Å². The highest BCUT2D eigenvalue weighted by atomic mass is 35.5. The van der Waals surface area contributed by atoms with Gasteiger partial charge < -0.3 is 15.5 Å². The lowest BCUT2D eigenvalue weighted by molar-refractivity contribution is -0.131. The standard InChI is InChI=1S/C21H23N5OS.ClH/c22-17-12-25(11-16(17)14-5-2-1-3-6-14)21(27)18-7-4-9-26(18)19-15-8-10-28-20(15)24-13-23-19;/h1-3,5-6,8,10,13,16-18H,4,7,9,11-12,22H2;1H/t16-,17+,18?;/m0./s1. The van der Waals surface area contributed by atoms with E-state index in [1.165, 1.54) is 5.56 Å². The molecule has 3 aromatic rings. The fourth-order valence-corrected chi connectivity index (χ4v) is 5.28. The van der Waals surface area contributed by atoms with Crippen molar-refractivity contribution in [3.8, 4) is 0 Å². The number of likely N-dealkylation sites (tertiary alicyclic amines) is 1. The molecule has 0 aliphatic carbocycles. The number of thiophene rings is 1. The van der Waals surface area contributed by atoms with E-state index < -0.39 is 0 Å². The lowest BCUT2D eigenvalue weighted by Crippen LogP contribution is -2.46. The minimum absolute atomic E-state index is 0. The van der Waals surface area contributed by atoms with E-state index in [1.54, 1.807) is 17.7 Å². The number of amides is 1. The molecular formula is C21H24ClN5OS. The average Bonchev–Trinajstić information content (AvgIpc) is 3.47. The number of carbonyl (C=O) groups is 1. The van der Waals surface area contributed by atoms with Gasteiger partial charge in [0.05, 0.1) is 5.39 Å². The number of hydrogen-bond acceptors (Lipinski definition) is 6. The first-order chi connectivity index (χ1) is 13.7. The van der Waals surface area contributed by atoms with Crippen LogP contribution < -0.4 is 10.6 Å². The van der Waals surface area contributed by atoms with Crippen molar-refractivity contribution in [1.82, 2.24) is 14.9 Å². The topological polar surface area (TPSA) is 75.3 Å². The summed E-state index contributed by atoms with van der Waals surface area (Å²) < 4.78 is 0. The second-order valence-corrected chi connectivity index (χ2v) is 8.51. The Morgan fingerprint density at radius 3 is 2.79 bits per heavy atom. The number of nitrogens with two attached hydrogens (primary N) is 1. The fraction of sp³-hybridized carbons (Fsp3) is 0.381. The summed E-state index contributed by atoms with van der Waals surface area (Å²) >= 11 is 1.60. The third-order valence-corrected chi connectivity index (χ3v) is 6.78. The molecule has 1 aromatic carbocycles. The Hall–Kier alpha value is -2.22. The summed E-state index contributed by atoms with van der Waals surface area (Å²) in [5.41, 5.74) is 7.63. The molecule has 1 unspecified atom stereocenters. The normalized spacial score (nSPS) is 24.1. The Labute approximate surface area is 180 Å². The van der Waals surface area contributed by atoms with Crippen LogP contribution in [-0.2, 0) is 4.79 Å². The molecule has 2 aliphatic rings. The molecule has 1 amide bonds. The van der Waals surface area contributed by atoms with Crippen molar-refractivity contribution in [2.45, 2.75) is 30.8 Å². The quantitative estimate of drug-likeness (QED) is 0.692. The number of anilines is 1. The zero-order valence-electron chi connectivity index (χ0n) is 16.0. The highest BCUT2D eigenvalue weighted by Crippen LogP contribution is 2.34. The molecule has 8 heteroatoms. The van der Waals surface area contributed by atoms with Gasteiger partial charge in [0, 0.05) is 31.6 Å². The van der Waals surface area contributed by atoms with E-state index in [9.17, 15) is 4.79 Å². The predicted molar refractivity (Wildman–Crippen MR) is 119 cm³/mol. The lowest BCUT2D eigenvalue weighted by Gasteiger charge is -2.29. The van der Waals surface area contributed by atoms with E-state index in [-0.39, 0.29) is 36.3 Å². The van der Waals surface area contributed by atoms with Gasteiger partial charge in [0.1, 0.15) is 23.0 Å². The van der Waals surface area contributed by atoms with Crippen molar-refractivity contribution in [2.24, 2.45) is 5.73 Å². The van der Waals surface area contributed by atoms with Crippen LogP contribution in [0.1, 0.15) is 24.3 Å². The van der Waals surface area contributed by atoms with Crippen LogP contribution in [0.2, 0.25) is 0 Å². The molecule has 5 rings (SSSR count). The van der Waals surface area contributed by atoms with E-state index in [2.05, 4.69) is 27.0 Å². The maximum atomic E-state index is 13.4. The number of nitrogens with zero attached hydrogens (tertiary/aromatic N) is 4. The van der Waals surface area contributed by atoms with Crippen LogP contribution in [0, 0.1) is 0 Å². The number of fused-ring (bicyclic) bond motifs is 1. The Kier molecular flexibility index (Phi) is 5.72. The zero-order chi connectivity index (χ0) is 19.1. The summed E-state index contributed by atoms with van der Waals surface area (Å²) in [7, 11) is 0. The minimum Gasteiger partial charge on any atom is -0.344 e. The van der Waals surface area contributed by atoms with Crippen LogP contribution in [0.15, 0.2) is 48.1 Å². The molecular weight excluding hydrogens is 406 g/mol. The third kappa shape index (κ3) is 3.58. The van der Waals surface area contributed by atoms with Gasteiger partial charge in [-0.2, -0.15) is 0 Å². The molecule has 2 N–H and O–H groups in total. The smallest absolute Gasteiger partial charge is 0.245 e. The maximum Gasteiger partial charge on any atom is 0.245 e. The van der Waals surface area contributed by atoms with Crippen LogP contribution in [0.3, 0.4) is 0 Å². The monoisotopic (exact) mass is 429 g/mol. The first kappa shape index (κ1) is 20.1. The zero-order valence-corrected chi connectivity index (χ0v) is 17.6. The third-order valence-electron chi connectivity index (χ3n) is 5.96. The van der Waals surface area contributed by atoms with Gasteiger partial charge >= 0.3 is 0 Å². The Morgan fingerprint density at radius 1 is 1.14 bits per heavy atom. The Bertz CT molecular complexity index is 997. The summed E-state index contributed by atoms with van der Waals surface area (Å²) in [5, 5.41) is 3.06. The molecule has 29 heavy (non-hydrogen) atoms. The minimum atomic E-state index is -0.167. The highest BCUT2D eigenvalue weighted by molar-refractivity contribution is 7.16. The van der Waals surface area contributed by atoms with Crippen LogP contribution >= 0.6 is 23.7 Å². The van der Waals surface area contributed by atoms with Gasteiger partial charge in [0.25, 0.3) is 0 Å². The predicted octanol–water partition coefficient (Wildman–Crippen LogP) is 3.04. The van der Waals surface area contributed by atoms with Crippen molar-refractivity contribution in [3.63, 3.8) is 0 Å².